The molecule has 100 valence electrons. The van der Waals surface area contributed by atoms with E-state index in [0.717, 1.165) is 23.2 Å². The number of rotatable bonds is 4. The van der Waals surface area contributed by atoms with E-state index in [1.54, 1.807) is 0 Å². The average Bonchev–Trinajstić information content (AvgIpc) is 2.39. The molecule has 0 spiro atoms. The number of halogens is 1. The number of ether oxygens (including phenoxy) is 1. The Bertz CT molecular complexity index is 581. The first-order valence-corrected chi connectivity index (χ1v) is 6.74. The summed E-state index contributed by atoms with van der Waals surface area (Å²) in [6.45, 7) is 4.55. The minimum atomic E-state index is 0.443. The van der Waals surface area contributed by atoms with Crippen LogP contribution in [0.2, 0.25) is 5.02 Å². The summed E-state index contributed by atoms with van der Waals surface area (Å²) in [7, 11) is 0. The third-order valence-corrected chi connectivity index (χ3v) is 3.44. The summed E-state index contributed by atoms with van der Waals surface area (Å²) < 4.78 is 5.79. The molecule has 0 fully saturated rings. The standard InChI is InChI=1S/C16H18ClNO/c1-3-12-5-4-6-15(18)13(12)10-19-16-8-7-11(2)9-14(16)17/h4-9H,3,10,18H2,1-2H3. The zero-order chi connectivity index (χ0) is 13.8. The van der Waals surface area contributed by atoms with Gasteiger partial charge in [-0.3, -0.25) is 0 Å². The van der Waals surface area contributed by atoms with Gasteiger partial charge in [0.2, 0.25) is 0 Å². The van der Waals surface area contributed by atoms with Crippen LogP contribution in [-0.4, -0.2) is 0 Å². The van der Waals surface area contributed by atoms with Crippen molar-refractivity contribution in [2.45, 2.75) is 26.9 Å². The van der Waals surface area contributed by atoms with Crippen molar-refractivity contribution >= 4 is 17.3 Å². The Hall–Kier alpha value is -1.67. The fourth-order valence-electron chi connectivity index (χ4n) is 2.03. The molecule has 0 bridgehead atoms. The first-order chi connectivity index (χ1) is 9.11. The number of nitrogens with two attached hydrogens (primary N) is 1. The Morgan fingerprint density at radius 2 is 2.00 bits per heavy atom. The second-order valence-electron chi connectivity index (χ2n) is 4.56. The molecular weight excluding hydrogens is 258 g/mol. The monoisotopic (exact) mass is 275 g/mol. The maximum Gasteiger partial charge on any atom is 0.138 e. The molecule has 2 nitrogen and oxygen atoms in total. The van der Waals surface area contributed by atoms with Gasteiger partial charge in [0.05, 0.1) is 5.02 Å². The van der Waals surface area contributed by atoms with Crippen LogP contribution >= 0.6 is 11.6 Å². The van der Waals surface area contributed by atoms with Crippen molar-refractivity contribution < 1.29 is 4.74 Å². The summed E-state index contributed by atoms with van der Waals surface area (Å²) in [5, 5.41) is 0.632. The van der Waals surface area contributed by atoms with Gasteiger partial charge < -0.3 is 10.5 Å². The number of benzene rings is 2. The normalized spacial score (nSPS) is 10.5. The van der Waals surface area contributed by atoms with Crippen molar-refractivity contribution in [1.82, 2.24) is 0 Å². The van der Waals surface area contributed by atoms with Crippen LogP contribution < -0.4 is 10.5 Å². The van der Waals surface area contributed by atoms with Crippen molar-refractivity contribution in [1.29, 1.82) is 0 Å². The van der Waals surface area contributed by atoms with Gasteiger partial charge in [-0.25, -0.2) is 0 Å². The molecule has 0 aromatic heterocycles. The molecule has 0 atom stereocenters. The predicted molar refractivity (Wildman–Crippen MR) is 80.8 cm³/mol. The minimum Gasteiger partial charge on any atom is -0.487 e. The molecule has 2 aromatic rings. The van der Waals surface area contributed by atoms with Gasteiger partial charge in [-0.2, -0.15) is 0 Å². The summed E-state index contributed by atoms with van der Waals surface area (Å²) in [6.07, 6.45) is 0.936. The second kappa shape index (κ2) is 5.98. The molecule has 0 heterocycles. The van der Waals surface area contributed by atoms with Gasteiger partial charge in [0.1, 0.15) is 12.4 Å². The number of nitrogen functional groups attached to an aromatic ring is 1. The highest BCUT2D eigenvalue weighted by Crippen LogP contribution is 2.27. The molecule has 0 amide bonds. The quantitative estimate of drug-likeness (QED) is 0.841. The molecule has 19 heavy (non-hydrogen) atoms. The van der Waals surface area contributed by atoms with Crippen LogP contribution in [0.3, 0.4) is 0 Å². The Balaban J connectivity index is 2.19. The van der Waals surface area contributed by atoms with Crippen molar-refractivity contribution in [3.05, 3.63) is 58.1 Å². The van der Waals surface area contributed by atoms with Crippen LogP contribution in [-0.2, 0) is 13.0 Å². The molecule has 0 aliphatic carbocycles. The number of hydrogen-bond acceptors (Lipinski definition) is 2. The van der Waals surface area contributed by atoms with Gasteiger partial charge in [-0.15, -0.1) is 0 Å². The topological polar surface area (TPSA) is 35.2 Å². The lowest BCUT2D eigenvalue weighted by atomic mass is 10.0. The largest absolute Gasteiger partial charge is 0.487 e. The van der Waals surface area contributed by atoms with E-state index < -0.39 is 0 Å². The molecule has 0 aliphatic heterocycles. The third kappa shape index (κ3) is 3.21. The Morgan fingerprint density at radius 1 is 1.21 bits per heavy atom. The van der Waals surface area contributed by atoms with Crippen LogP contribution in [0.4, 0.5) is 5.69 Å². The van der Waals surface area contributed by atoms with E-state index in [0.29, 0.717) is 17.4 Å². The number of aryl methyl sites for hydroxylation is 2. The van der Waals surface area contributed by atoms with Gasteiger partial charge in [0.15, 0.2) is 0 Å². The van der Waals surface area contributed by atoms with Gasteiger partial charge in [0, 0.05) is 11.3 Å². The zero-order valence-electron chi connectivity index (χ0n) is 11.2. The van der Waals surface area contributed by atoms with Crippen LogP contribution in [0.15, 0.2) is 36.4 Å². The molecule has 0 unspecified atom stereocenters. The number of hydrogen-bond donors (Lipinski definition) is 1. The summed E-state index contributed by atoms with van der Waals surface area (Å²) in [6, 6.07) is 11.7. The lowest BCUT2D eigenvalue weighted by Crippen LogP contribution is -2.04. The van der Waals surface area contributed by atoms with Crippen molar-refractivity contribution in [2.75, 3.05) is 5.73 Å². The minimum absolute atomic E-state index is 0.443. The summed E-state index contributed by atoms with van der Waals surface area (Å²) in [5.41, 5.74) is 10.1. The van der Waals surface area contributed by atoms with Crippen molar-refractivity contribution in [3.63, 3.8) is 0 Å². The molecule has 0 saturated carbocycles. The Morgan fingerprint density at radius 3 is 2.68 bits per heavy atom. The zero-order valence-corrected chi connectivity index (χ0v) is 12.0. The first-order valence-electron chi connectivity index (χ1n) is 6.37. The molecular formula is C16H18ClNO. The second-order valence-corrected chi connectivity index (χ2v) is 4.97. The lowest BCUT2D eigenvalue weighted by Gasteiger charge is -2.13. The van der Waals surface area contributed by atoms with E-state index in [4.69, 9.17) is 22.1 Å². The van der Waals surface area contributed by atoms with Crippen LogP contribution in [0.5, 0.6) is 5.75 Å². The average molecular weight is 276 g/mol. The summed E-state index contributed by atoms with van der Waals surface area (Å²) in [4.78, 5) is 0. The Kier molecular flexibility index (Phi) is 4.33. The van der Waals surface area contributed by atoms with E-state index in [1.165, 1.54) is 5.56 Å². The van der Waals surface area contributed by atoms with E-state index in [-0.39, 0.29) is 0 Å². The first kappa shape index (κ1) is 13.8. The highest BCUT2D eigenvalue weighted by atomic mass is 35.5. The lowest BCUT2D eigenvalue weighted by molar-refractivity contribution is 0.306. The van der Waals surface area contributed by atoms with Crippen LogP contribution in [0.25, 0.3) is 0 Å². The van der Waals surface area contributed by atoms with E-state index in [9.17, 15) is 0 Å². The molecule has 0 saturated heterocycles. The summed E-state index contributed by atoms with van der Waals surface area (Å²) in [5.74, 6) is 0.692. The van der Waals surface area contributed by atoms with E-state index in [2.05, 4.69) is 13.0 Å². The smallest absolute Gasteiger partial charge is 0.138 e. The predicted octanol–water partition coefficient (Wildman–Crippen LogP) is 4.37. The molecule has 0 radical (unpaired) electrons. The van der Waals surface area contributed by atoms with Gasteiger partial charge in [0.25, 0.3) is 0 Å². The van der Waals surface area contributed by atoms with Gasteiger partial charge in [-0.05, 0) is 42.7 Å². The molecule has 2 rings (SSSR count). The number of anilines is 1. The van der Waals surface area contributed by atoms with Crippen LogP contribution in [0, 0.1) is 6.92 Å². The molecule has 0 aliphatic rings. The highest BCUT2D eigenvalue weighted by molar-refractivity contribution is 6.32. The highest BCUT2D eigenvalue weighted by Gasteiger charge is 2.07. The van der Waals surface area contributed by atoms with Crippen molar-refractivity contribution in [2.24, 2.45) is 0 Å². The molecule has 2 aromatic carbocycles. The molecule has 2 N–H and O–H groups in total. The molecule has 3 heteroatoms. The summed E-state index contributed by atoms with van der Waals surface area (Å²) >= 11 is 6.15. The maximum absolute atomic E-state index is 6.15. The van der Waals surface area contributed by atoms with Crippen LogP contribution in [0.1, 0.15) is 23.6 Å². The van der Waals surface area contributed by atoms with E-state index >= 15 is 0 Å². The maximum atomic E-state index is 6.15. The third-order valence-electron chi connectivity index (χ3n) is 3.15. The Labute approximate surface area is 119 Å². The van der Waals surface area contributed by atoms with Crippen molar-refractivity contribution in [3.8, 4) is 5.75 Å². The fraction of sp³-hybridized carbons (Fsp3) is 0.250. The SMILES string of the molecule is CCc1cccc(N)c1COc1ccc(C)cc1Cl. The van der Waals surface area contributed by atoms with E-state index in [1.807, 2.05) is 37.3 Å². The van der Waals surface area contributed by atoms with Gasteiger partial charge >= 0.3 is 0 Å². The fourth-order valence-corrected chi connectivity index (χ4v) is 2.32. The van der Waals surface area contributed by atoms with Gasteiger partial charge in [-0.1, -0.05) is 36.7 Å².